The van der Waals surface area contributed by atoms with Crippen LogP contribution in [0.2, 0.25) is 5.15 Å². The highest BCUT2D eigenvalue weighted by Gasteiger charge is 2.15. The molecule has 0 saturated heterocycles. The van der Waals surface area contributed by atoms with Crippen LogP contribution in [0, 0.1) is 0 Å². The van der Waals surface area contributed by atoms with Gasteiger partial charge >= 0.3 is 0 Å². The monoisotopic (exact) mass is 450 g/mol. The lowest BCUT2D eigenvalue weighted by molar-refractivity contribution is -0.117. The molecule has 2 aromatic rings. The van der Waals surface area contributed by atoms with Crippen LogP contribution >= 0.6 is 11.6 Å². The topological polar surface area (TPSA) is 183 Å². The van der Waals surface area contributed by atoms with Crippen molar-refractivity contribution in [2.24, 2.45) is 5.73 Å². The fraction of sp³-hybridized carbons (Fsp3) is 0.368. The number of carbonyl (C=O) groups is 2. The fourth-order valence-electron chi connectivity index (χ4n) is 2.56. The predicted molar refractivity (Wildman–Crippen MR) is 118 cm³/mol. The average Bonchev–Trinajstić information content (AvgIpc) is 2.73. The number of nitrogens with zero attached hydrogens (tertiary/aromatic N) is 2. The molecule has 0 unspecified atom stereocenters. The summed E-state index contributed by atoms with van der Waals surface area (Å²) in [5.74, 6) is -0.282. The molecule has 0 atom stereocenters. The van der Waals surface area contributed by atoms with E-state index in [9.17, 15) is 9.59 Å². The number of hydrogen-bond acceptors (Lipinski definition) is 9. The number of halogens is 1. The molecule has 0 spiro atoms. The molecule has 1 heterocycles. The molecule has 1 aromatic carbocycles. The van der Waals surface area contributed by atoms with Crippen LogP contribution in [-0.4, -0.2) is 48.0 Å². The molecule has 0 aliphatic rings. The number of benzene rings is 1. The van der Waals surface area contributed by atoms with Gasteiger partial charge in [-0.2, -0.15) is 0 Å². The first-order valence-corrected chi connectivity index (χ1v) is 10.1. The van der Waals surface area contributed by atoms with Gasteiger partial charge in [0.2, 0.25) is 5.91 Å². The number of ether oxygens (including phenoxy) is 1. The zero-order valence-electron chi connectivity index (χ0n) is 17.0. The van der Waals surface area contributed by atoms with E-state index in [1.807, 2.05) is 24.3 Å². The lowest BCUT2D eigenvalue weighted by Crippen LogP contribution is -2.39. The predicted octanol–water partition coefficient (Wildman–Crippen LogP) is 0.00540. The summed E-state index contributed by atoms with van der Waals surface area (Å²) in [4.78, 5) is 30.3. The Balaban J connectivity index is 1.60. The summed E-state index contributed by atoms with van der Waals surface area (Å²) >= 11 is 5.77. The number of nitrogen functional groups attached to an aromatic ring is 2. The van der Waals surface area contributed by atoms with Crippen molar-refractivity contribution in [3.8, 4) is 5.75 Å². The van der Waals surface area contributed by atoms with Crippen LogP contribution in [0.15, 0.2) is 24.3 Å². The van der Waals surface area contributed by atoms with Gasteiger partial charge in [0.05, 0.1) is 6.54 Å². The van der Waals surface area contributed by atoms with Crippen molar-refractivity contribution in [2.45, 2.75) is 19.3 Å². The van der Waals surface area contributed by atoms with Gasteiger partial charge in [-0.3, -0.25) is 15.0 Å². The van der Waals surface area contributed by atoms with Crippen LogP contribution in [0.25, 0.3) is 0 Å². The number of amides is 2. The van der Waals surface area contributed by atoms with Gasteiger partial charge in [0, 0.05) is 13.1 Å². The van der Waals surface area contributed by atoms with E-state index in [0.29, 0.717) is 19.7 Å². The summed E-state index contributed by atoms with van der Waals surface area (Å²) in [5, 5.41) is 2.81. The quantitative estimate of drug-likeness (QED) is 0.180. The number of hydrazine groups is 1. The van der Waals surface area contributed by atoms with E-state index in [1.54, 1.807) is 0 Å². The van der Waals surface area contributed by atoms with Gasteiger partial charge in [-0.1, -0.05) is 23.7 Å². The number of rotatable bonds is 13. The third-order valence-electron chi connectivity index (χ3n) is 4.11. The van der Waals surface area contributed by atoms with Crippen molar-refractivity contribution in [3.63, 3.8) is 0 Å². The van der Waals surface area contributed by atoms with E-state index in [4.69, 9.17) is 33.5 Å². The molecule has 0 saturated carbocycles. The SMILES string of the molecule is NC(=O)CNCCOc1ccc(CCCCNNC(=O)c2nc(Cl)c(N)nc2N)cc1. The van der Waals surface area contributed by atoms with Crippen LogP contribution in [-0.2, 0) is 11.2 Å². The Morgan fingerprint density at radius 3 is 2.48 bits per heavy atom. The van der Waals surface area contributed by atoms with Gasteiger partial charge in [-0.15, -0.1) is 0 Å². The first-order chi connectivity index (χ1) is 14.9. The summed E-state index contributed by atoms with van der Waals surface area (Å²) in [6, 6.07) is 7.83. The van der Waals surface area contributed by atoms with Gasteiger partial charge in [0.25, 0.3) is 5.91 Å². The van der Waals surface area contributed by atoms with Crippen molar-refractivity contribution < 1.29 is 14.3 Å². The lowest BCUT2D eigenvalue weighted by Gasteiger charge is -2.09. The molecule has 0 fully saturated rings. The lowest BCUT2D eigenvalue weighted by atomic mass is 10.1. The van der Waals surface area contributed by atoms with Crippen molar-refractivity contribution in [1.82, 2.24) is 26.1 Å². The van der Waals surface area contributed by atoms with Crippen LogP contribution < -0.4 is 38.1 Å². The standard InChI is InChI=1S/C19H27ClN8O3/c20-16-18(23)27-17(22)15(26-16)19(30)28-25-8-2-1-3-12-4-6-13(7-5-12)31-10-9-24-11-14(21)29/h4-7,24-25H,1-3,8-11H2,(H2,21,29)(H,28,30)(H4,22,23,27). The van der Waals surface area contributed by atoms with Gasteiger partial charge in [-0.25, -0.2) is 15.4 Å². The van der Waals surface area contributed by atoms with Crippen LogP contribution in [0.3, 0.4) is 0 Å². The number of carbonyl (C=O) groups excluding carboxylic acids is 2. The highest BCUT2D eigenvalue weighted by Crippen LogP contribution is 2.17. The molecule has 0 aliphatic carbocycles. The van der Waals surface area contributed by atoms with Crippen LogP contribution in [0.1, 0.15) is 28.9 Å². The summed E-state index contributed by atoms with van der Waals surface area (Å²) < 4.78 is 5.58. The number of nitrogens with two attached hydrogens (primary N) is 3. The number of primary amides is 1. The molecule has 0 aliphatic heterocycles. The Labute approximate surface area is 185 Å². The summed E-state index contributed by atoms with van der Waals surface area (Å²) in [5.41, 5.74) is 22.6. The van der Waals surface area contributed by atoms with E-state index in [2.05, 4.69) is 26.1 Å². The third-order valence-corrected chi connectivity index (χ3v) is 4.39. The molecule has 0 radical (unpaired) electrons. The van der Waals surface area contributed by atoms with E-state index in [0.717, 1.165) is 25.0 Å². The van der Waals surface area contributed by atoms with Crippen LogP contribution in [0.4, 0.5) is 11.6 Å². The van der Waals surface area contributed by atoms with Crippen molar-refractivity contribution in [2.75, 3.05) is 37.7 Å². The van der Waals surface area contributed by atoms with Gasteiger partial charge < -0.3 is 27.3 Å². The number of unbranched alkanes of at least 4 members (excludes halogenated alkanes) is 1. The third kappa shape index (κ3) is 8.62. The first kappa shape index (κ1) is 24.1. The first-order valence-electron chi connectivity index (χ1n) is 9.69. The molecule has 2 amide bonds. The molecule has 31 heavy (non-hydrogen) atoms. The molecular weight excluding hydrogens is 424 g/mol. The number of nitrogens with one attached hydrogen (secondary N) is 3. The normalized spacial score (nSPS) is 10.6. The maximum absolute atomic E-state index is 12.1. The number of aromatic nitrogens is 2. The molecule has 9 N–H and O–H groups in total. The van der Waals surface area contributed by atoms with Crippen molar-refractivity contribution in [3.05, 3.63) is 40.7 Å². The Hall–Kier alpha value is -3.15. The molecule has 1 aromatic heterocycles. The molecule has 2 rings (SSSR count). The Morgan fingerprint density at radius 2 is 1.77 bits per heavy atom. The van der Waals surface area contributed by atoms with E-state index < -0.39 is 11.8 Å². The van der Waals surface area contributed by atoms with Gasteiger partial charge in [-0.05, 0) is 37.0 Å². The summed E-state index contributed by atoms with van der Waals surface area (Å²) in [6.07, 6.45) is 2.66. The molecule has 11 nitrogen and oxygen atoms in total. The Kier molecular flexibility index (Phi) is 9.75. The second-order valence-electron chi connectivity index (χ2n) is 6.61. The maximum Gasteiger partial charge on any atom is 0.287 e. The minimum atomic E-state index is -0.535. The average molecular weight is 451 g/mol. The van der Waals surface area contributed by atoms with Gasteiger partial charge in [0.15, 0.2) is 22.5 Å². The molecule has 0 bridgehead atoms. The zero-order chi connectivity index (χ0) is 22.6. The summed E-state index contributed by atoms with van der Waals surface area (Å²) in [6.45, 7) is 1.70. The second kappa shape index (κ2) is 12.5. The van der Waals surface area contributed by atoms with Crippen molar-refractivity contribution in [1.29, 1.82) is 0 Å². The minimum Gasteiger partial charge on any atom is -0.492 e. The highest BCUT2D eigenvalue weighted by atomic mass is 35.5. The zero-order valence-corrected chi connectivity index (χ0v) is 17.7. The van der Waals surface area contributed by atoms with E-state index in [-0.39, 0.29) is 29.0 Å². The van der Waals surface area contributed by atoms with Gasteiger partial charge in [0.1, 0.15) is 12.4 Å². The Morgan fingerprint density at radius 1 is 1.03 bits per heavy atom. The smallest absolute Gasteiger partial charge is 0.287 e. The van der Waals surface area contributed by atoms with E-state index >= 15 is 0 Å². The Bertz CT molecular complexity index is 879. The van der Waals surface area contributed by atoms with E-state index in [1.165, 1.54) is 5.56 Å². The molecular formula is C19H27ClN8O3. The largest absolute Gasteiger partial charge is 0.492 e. The fourth-order valence-corrected chi connectivity index (χ4v) is 2.68. The minimum absolute atomic E-state index is 0.0273. The summed E-state index contributed by atoms with van der Waals surface area (Å²) in [7, 11) is 0. The number of aryl methyl sites for hydroxylation is 1. The molecule has 12 heteroatoms. The molecule has 168 valence electrons. The number of hydrogen-bond donors (Lipinski definition) is 6. The number of anilines is 2. The maximum atomic E-state index is 12.1. The van der Waals surface area contributed by atoms with Crippen LogP contribution in [0.5, 0.6) is 5.75 Å². The second-order valence-corrected chi connectivity index (χ2v) is 6.97. The van der Waals surface area contributed by atoms with Crippen molar-refractivity contribution >= 4 is 35.1 Å². The highest BCUT2D eigenvalue weighted by molar-refractivity contribution is 6.31.